The summed E-state index contributed by atoms with van der Waals surface area (Å²) in [4.78, 5) is 0. The molecule has 0 fully saturated rings. The van der Waals surface area contributed by atoms with Gasteiger partial charge in [0.1, 0.15) is 0 Å². The van der Waals surface area contributed by atoms with E-state index in [2.05, 4.69) is 48.8 Å². The zero-order valence-electron chi connectivity index (χ0n) is 11.0. The van der Waals surface area contributed by atoms with Gasteiger partial charge in [-0.05, 0) is 42.2 Å². The maximum Gasteiger partial charge on any atom is 0.0438 e. The third-order valence-electron chi connectivity index (χ3n) is 2.99. The Morgan fingerprint density at radius 1 is 1.24 bits per heavy atom. The molecule has 0 heterocycles. The van der Waals surface area contributed by atoms with E-state index >= 15 is 0 Å². The van der Waals surface area contributed by atoms with Crippen molar-refractivity contribution in [3.63, 3.8) is 0 Å². The smallest absolute Gasteiger partial charge is 0.0438 e. The first-order chi connectivity index (χ1) is 7.92. The predicted octanol–water partition coefficient (Wildman–Crippen LogP) is 5.72. The molecule has 0 aliphatic rings. The number of benzene rings is 1. The van der Waals surface area contributed by atoms with E-state index in [1.807, 2.05) is 12.1 Å². The lowest BCUT2D eigenvalue weighted by atomic mass is 9.85. The molecule has 0 amide bonds. The molecule has 1 unspecified atom stereocenters. The Balaban J connectivity index is 2.56. The minimum atomic E-state index is 0.418. The number of halogens is 2. The Labute approximate surface area is 119 Å². The fourth-order valence-electron chi connectivity index (χ4n) is 1.85. The number of rotatable bonds is 5. The van der Waals surface area contributed by atoms with Crippen LogP contribution in [0.3, 0.4) is 0 Å². The van der Waals surface area contributed by atoms with Gasteiger partial charge in [0, 0.05) is 10.4 Å². The molecular formula is C15H22BrCl. The second-order valence-corrected chi connectivity index (χ2v) is 6.97. The molecule has 0 N–H and O–H groups in total. The Morgan fingerprint density at radius 3 is 2.41 bits per heavy atom. The maximum absolute atomic E-state index is 6.20. The Morgan fingerprint density at radius 2 is 1.88 bits per heavy atom. The molecule has 1 aromatic rings. The Hall–Kier alpha value is -0.0100. The third-order valence-corrected chi connectivity index (χ3v) is 4.27. The van der Waals surface area contributed by atoms with Crippen molar-refractivity contribution in [1.29, 1.82) is 0 Å². The van der Waals surface area contributed by atoms with Crippen molar-refractivity contribution in [2.75, 3.05) is 5.33 Å². The lowest BCUT2D eigenvalue weighted by molar-refractivity contribution is 0.332. The summed E-state index contributed by atoms with van der Waals surface area (Å²) in [5, 5.41) is 1.95. The van der Waals surface area contributed by atoms with E-state index in [9.17, 15) is 0 Å². The molecule has 0 spiro atoms. The van der Waals surface area contributed by atoms with Crippen molar-refractivity contribution < 1.29 is 0 Å². The van der Waals surface area contributed by atoms with Gasteiger partial charge in [0.2, 0.25) is 0 Å². The first-order valence-electron chi connectivity index (χ1n) is 6.22. The van der Waals surface area contributed by atoms with E-state index in [1.54, 1.807) is 0 Å². The molecule has 0 aliphatic carbocycles. The number of hydrogen-bond donors (Lipinski definition) is 0. The summed E-state index contributed by atoms with van der Waals surface area (Å²) >= 11 is 9.82. The topological polar surface area (TPSA) is 0 Å². The summed E-state index contributed by atoms with van der Waals surface area (Å²) in [5.74, 6) is 0.675. The van der Waals surface area contributed by atoms with E-state index in [0.29, 0.717) is 11.3 Å². The van der Waals surface area contributed by atoms with Crippen LogP contribution >= 0.6 is 27.5 Å². The number of alkyl halides is 1. The third kappa shape index (κ3) is 5.92. The van der Waals surface area contributed by atoms with Gasteiger partial charge in [-0.15, -0.1) is 0 Å². The van der Waals surface area contributed by atoms with Crippen molar-refractivity contribution in [3.05, 3.63) is 34.9 Å². The summed E-state index contributed by atoms with van der Waals surface area (Å²) in [6.07, 6.45) is 3.58. The van der Waals surface area contributed by atoms with Crippen molar-refractivity contribution in [3.8, 4) is 0 Å². The molecule has 17 heavy (non-hydrogen) atoms. The van der Waals surface area contributed by atoms with Crippen LogP contribution in [0.4, 0.5) is 0 Å². The van der Waals surface area contributed by atoms with Gasteiger partial charge in [0.05, 0.1) is 0 Å². The normalized spacial score (nSPS) is 13.7. The maximum atomic E-state index is 6.20. The molecule has 2 heteroatoms. The summed E-state index contributed by atoms with van der Waals surface area (Å²) in [6, 6.07) is 8.17. The zero-order valence-corrected chi connectivity index (χ0v) is 13.3. The van der Waals surface area contributed by atoms with Crippen LogP contribution in [0.25, 0.3) is 0 Å². The summed E-state index contributed by atoms with van der Waals surface area (Å²) in [5.41, 5.74) is 1.69. The van der Waals surface area contributed by atoms with Crippen LogP contribution in [0.1, 0.15) is 39.2 Å². The predicted molar refractivity (Wildman–Crippen MR) is 81.1 cm³/mol. The van der Waals surface area contributed by atoms with Crippen molar-refractivity contribution in [2.24, 2.45) is 11.3 Å². The Bertz CT molecular complexity index is 341. The average molecular weight is 318 g/mol. The number of hydrogen-bond acceptors (Lipinski definition) is 0. The highest BCUT2D eigenvalue weighted by molar-refractivity contribution is 9.09. The van der Waals surface area contributed by atoms with Gasteiger partial charge in [-0.2, -0.15) is 0 Å². The molecule has 0 bridgehead atoms. The van der Waals surface area contributed by atoms with E-state index in [0.717, 1.165) is 16.8 Å². The highest BCUT2D eigenvalue weighted by atomic mass is 79.9. The van der Waals surface area contributed by atoms with Gasteiger partial charge in [-0.25, -0.2) is 0 Å². The van der Waals surface area contributed by atoms with E-state index in [1.165, 1.54) is 18.4 Å². The first kappa shape index (κ1) is 15.0. The second-order valence-electron chi connectivity index (χ2n) is 5.92. The molecule has 0 aliphatic heterocycles. The molecule has 1 atom stereocenters. The molecule has 0 saturated heterocycles. The van der Waals surface area contributed by atoms with Crippen molar-refractivity contribution in [1.82, 2.24) is 0 Å². The van der Waals surface area contributed by atoms with E-state index < -0.39 is 0 Å². The van der Waals surface area contributed by atoms with E-state index in [4.69, 9.17) is 11.6 Å². The lowest BCUT2D eigenvalue weighted by Gasteiger charge is -2.22. The van der Waals surface area contributed by atoms with Gasteiger partial charge in [-0.1, -0.05) is 66.5 Å². The van der Waals surface area contributed by atoms with Crippen molar-refractivity contribution >= 4 is 27.5 Å². The molecular weight excluding hydrogens is 296 g/mol. The van der Waals surface area contributed by atoms with E-state index in [-0.39, 0.29) is 0 Å². The minimum Gasteiger partial charge on any atom is -0.0925 e. The summed E-state index contributed by atoms with van der Waals surface area (Å²) in [6.45, 7) is 6.90. The van der Waals surface area contributed by atoms with Crippen LogP contribution in [0, 0.1) is 11.3 Å². The zero-order chi connectivity index (χ0) is 12.9. The van der Waals surface area contributed by atoms with Gasteiger partial charge >= 0.3 is 0 Å². The van der Waals surface area contributed by atoms with Crippen LogP contribution in [-0.2, 0) is 6.42 Å². The van der Waals surface area contributed by atoms with Crippen LogP contribution in [-0.4, -0.2) is 5.33 Å². The molecule has 0 saturated carbocycles. The summed E-state index contributed by atoms with van der Waals surface area (Å²) in [7, 11) is 0. The monoisotopic (exact) mass is 316 g/mol. The quantitative estimate of drug-likeness (QED) is 0.609. The molecule has 1 aromatic carbocycles. The highest BCUT2D eigenvalue weighted by Gasteiger charge is 2.15. The highest BCUT2D eigenvalue weighted by Crippen LogP contribution is 2.27. The van der Waals surface area contributed by atoms with Gasteiger partial charge in [0.25, 0.3) is 0 Å². The van der Waals surface area contributed by atoms with Crippen LogP contribution < -0.4 is 0 Å². The lowest BCUT2D eigenvalue weighted by Crippen LogP contribution is -2.12. The average Bonchev–Trinajstić information content (AvgIpc) is 2.25. The van der Waals surface area contributed by atoms with Gasteiger partial charge < -0.3 is 0 Å². The SMILES string of the molecule is CC(C)(C)CCC(CBr)Cc1ccccc1Cl. The van der Waals surface area contributed by atoms with Gasteiger partial charge in [-0.3, -0.25) is 0 Å². The largest absolute Gasteiger partial charge is 0.0925 e. The first-order valence-corrected chi connectivity index (χ1v) is 7.71. The van der Waals surface area contributed by atoms with Crippen LogP contribution in [0.2, 0.25) is 5.02 Å². The molecule has 0 radical (unpaired) electrons. The van der Waals surface area contributed by atoms with Crippen LogP contribution in [0.15, 0.2) is 24.3 Å². The fraction of sp³-hybridized carbons (Fsp3) is 0.600. The molecule has 1 rings (SSSR count). The van der Waals surface area contributed by atoms with Crippen molar-refractivity contribution in [2.45, 2.75) is 40.0 Å². The molecule has 0 nitrogen and oxygen atoms in total. The fourth-order valence-corrected chi connectivity index (χ4v) is 2.61. The minimum absolute atomic E-state index is 0.418. The second kappa shape index (κ2) is 6.80. The standard InChI is InChI=1S/C15H22BrCl/c1-15(2,3)9-8-12(11-16)10-13-6-4-5-7-14(13)17/h4-7,12H,8-11H2,1-3H3. The molecule has 0 aromatic heterocycles. The van der Waals surface area contributed by atoms with Crippen LogP contribution in [0.5, 0.6) is 0 Å². The van der Waals surface area contributed by atoms with Gasteiger partial charge in [0.15, 0.2) is 0 Å². The Kier molecular flexibility index (Phi) is 6.02. The molecule has 96 valence electrons. The summed E-state index contributed by atoms with van der Waals surface area (Å²) < 4.78 is 0.